The van der Waals surface area contributed by atoms with Crippen molar-refractivity contribution in [2.45, 2.75) is 45.4 Å². The monoisotopic (exact) mass is 518 g/mol. The van der Waals surface area contributed by atoms with Crippen LogP contribution >= 0.6 is 0 Å². The maximum atomic E-state index is 13.3. The fourth-order valence-electron chi connectivity index (χ4n) is 4.21. The van der Waals surface area contributed by atoms with Crippen molar-refractivity contribution >= 4 is 17.7 Å². The van der Waals surface area contributed by atoms with Crippen molar-refractivity contribution in [2.24, 2.45) is 0 Å². The fraction of sp³-hybridized carbons (Fsp3) is 0.333. The van der Waals surface area contributed by atoms with Gasteiger partial charge in [-0.3, -0.25) is 9.69 Å². The molecular formula is C30H34N2O6. The molecule has 0 saturated carbocycles. The molecule has 0 unspecified atom stereocenters. The lowest BCUT2D eigenvalue weighted by Crippen LogP contribution is -2.59. The molecule has 1 heterocycles. The summed E-state index contributed by atoms with van der Waals surface area (Å²) in [5.41, 5.74) is 0.908. The van der Waals surface area contributed by atoms with E-state index in [9.17, 15) is 14.7 Å². The zero-order valence-corrected chi connectivity index (χ0v) is 22.0. The van der Waals surface area contributed by atoms with Crippen LogP contribution in [-0.4, -0.2) is 53.3 Å². The number of amides is 2. The number of anilines is 1. The van der Waals surface area contributed by atoms with Crippen LogP contribution in [0.1, 0.15) is 32.8 Å². The van der Waals surface area contributed by atoms with Crippen LogP contribution in [0.15, 0.2) is 78.9 Å². The third kappa shape index (κ3) is 6.83. The molecule has 0 radical (unpaired) electrons. The molecule has 3 aromatic rings. The number of rotatable bonds is 8. The molecule has 1 aliphatic rings. The molecule has 1 saturated heterocycles. The Morgan fingerprint density at radius 2 is 1.55 bits per heavy atom. The lowest BCUT2D eigenvalue weighted by molar-refractivity contribution is -0.122. The molecule has 1 fully saturated rings. The summed E-state index contributed by atoms with van der Waals surface area (Å²) >= 11 is 0. The molecule has 8 heteroatoms. The Bertz CT molecular complexity index is 1240. The molecule has 4 rings (SSSR count). The lowest BCUT2D eigenvalue weighted by Gasteiger charge is -2.41. The van der Waals surface area contributed by atoms with E-state index in [4.69, 9.17) is 14.2 Å². The van der Waals surface area contributed by atoms with Gasteiger partial charge in [0.1, 0.15) is 18.8 Å². The largest absolute Gasteiger partial charge is 0.485 e. The van der Waals surface area contributed by atoms with Gasteiger partial charge in [-0.05, 0) is 57.0 Å². The van der Waals surface area contributed by atoms with Crippen molar-refractivity contribution in [3.63, 3.8) is 0 Å². The molecule has 0 bridgehead atoms. The second-order valence-electron chi connectivity index (χ2n) is 10.1. The molecule has 1 N–H and O–H groups in total. The summed E-state index contributed by atoms with van der Waals surface area (Å²) in [5, 5.41) is 9.67. The maximum absolute atomic E-state index is 13.3. The van der Waals surface area contributed by atoms with Gasteiger partial charge < -0.3 is 24.2 Å². The number of para-hydroxylation sites is 4. The van der Waals surface area contributed by atoms with E-state index in [2.05, 4.69) is 0 Å². The van der Waals surface area contributed by atoms with E-state index in [1.807, 2.05) is 66.7 Å². The Morgan fingerprint density at radius 3 is 2.24 bits per heavy atom. The zero-order valence-electron chi connectivity index (χ0n) is 22.0. The Morgan fingerprint density at radius 1 is 0.921 bits per heavy atom. The number of aliphatic hydroxyl groups excluding tert-OH is 1. The average Bonchev–Trinajstić information content (AvgIpc) is 2.89. The number of hydrogen-bond donors (Lipinski definition) is 1. The summed E-state index contributed by atoms with van der Waals surface area (Å²) in [6, 6.07) is 24.1. The topological polar surface area (TPSA) is 88.5 Å². The molecule has 38 heavy (non-hydrogen) atoms. The van der Waals surface area contributed by atoms with Crippen molar-refractivity contribution in [3.8, 4) is 17.2 Å². The minimum Gasteiger partial charge on any atom is -0.485 e. The van der Waals surface area contributed by atoms with Crippen LogP contribution < -0.4 is 14.4 Å². The molecule has 0 aromatic heterocycles. The number of hydrogen-bond acceptors (Lipinski definition) is 6. The first kappa shape index (κ1) is 27.0. The van der Waals surface area contributed by atoms with Gasteiger partial charge in [-0.2, -0.15) is 0 Å². The van der Waals surface area contributed by atoms with E-state index >= 15 is 0 Å². The predicted molar refractivity (Wildman–Crippen MR) is 145 cm³/mol. The molecule has 0 aliphatic carbocycles. The molecular weight excluding hydrogens is 484 g/mol. The number of aliphatic hydroxyl groups is 1. The van der Waals surface area contributed by atoms with Crippen molar-refractivity contribution in [1.82, 2.24) is 4.90 Å². The van der Waals surface area contributed by atoms with Gasteiger partial charge in [-0.15, -0.1) is 0 Å². The van der Waals surface area contributed by atoms with Crippen LogP contribution in [0.3, 0.4) is 0 Å². The summed E-state index contributed by atoms with van der Waals surface area (Å²) in [4.78, 5) is 29.1. The Kier molecular flexibility index (Phi) is 8.53. The van der Waals surface area contributed by atoms with E-state index in [-0.39, 0.29) is 25.6 Å². The van der Waals surface area contributed by atoms with E-state index in [0.29, 0.717) is 36.0 Å². The summed E-state index contributed by atoms with van der Waals surface area (Å²) < 4.78 is 17.8. The first-order valence-corrected chi connectivity index (χ1v) is 12.7. The quantitative estimate of drug-likeness (QED) is 0.430. The van der Waals surface area contributed by atoms with Crippen LogP contribution in [-0.2, 0) is 16.1 Å². The van der Waals surface area contributed by atoms with Gasteiger partial charge in [0.25, 0.3) is 0 Å². The van der Waals surface area contributed by atoms with Crippen LogP contribution in [0.5, 0.6) is 17.2 Å². The van der Waals surface area contributed by atoms with Crippen LogP contribution in [0.2, 0.25) is 0 Å². The minimum absolute atomic E-state index is 0.129. The second kappa shape index (κ2) is 12.0. The third-order valence-corrected chi connectivity index (χ3v) is 5.99. The Hall–Kier alpha value is -4.04. The van der Waals surface area contributed by atoms with Gasteiger partial charge in [0.15, 0.2) is 17.2 Å². The Balaban J connectivity index is 1.55. The van der Waals surface area contributed by atoms with E-state index in [0.717, 1.165) is 5.56 Å². The smallest absolute Gasteiger partial charge is 0.411 e. The van der Waals surface area contributed by atoms with Gasteiger partial charge in [-0.1, -0.05) is 54.6 Å². The number of benzene rings is 3. The molecule has 200 valence electrons. The number of nitrogens with zero attached hydrogens (tertiary/aromatic N) is 2. The highest BCUT2D eigenvalue weighted by atomic mass is 16.6. The van der Waals surface area contributed by atoms with Gasteiger partial charge in [0.05, 0.1) is 11.7 Å². The number of carbonyl (C=O) groups excluding carboxylic acids is 2. The van der Waals surface area contributed by atoms with Gasteiger partial charge in [-0.25, -0.2) is 4.79 Å². The number of carbonyl (C=O) groups is 2. The number of ether oxygens (including phenoxy) is 3. The summed E-state index contributed by atoms with van der Waals surface area (Å²) in [6.07, 6.45) is -0.264. The van der Waals surface area contributed by atoms with Crippen molar-refractivity contribution < 1.29 is 28.9 Å². The standard InChI is InChI=1S/C30H34N2O6/c1-30(2,3)38-29(35)31-20-28(34)32(19-23(31)17-18-33)24-13-7-8-14-25(24)37-27-16-10-9-15-26(27)36-21-22-11-5-4-6-12-22/h4-16,23,33H,17-21H2,1-3H3/t23-/m1/s1. The predicted octanol–water partition coefficient (Wildman–Crippen LogP) is 5.39. The highest BCUT2D eigenvalue weighted by molar-refractivity contribution is 5.98. The number of piperazine rings is 1. The van der Waals surface area contributed by atoms with Gasteiger partial charge in [0, 0.05) is 13.2 Å². The van der Waals surface area contributed by atoms with Gasteiger partial charge >= 0.3 is 6.09 Å². The average molecular weight is 519 g/mol. The molecule has 1 aliphatic heterocycles. The van der Waals surface area contributed by atoms with Crippen LogP contribution in [0.25, 0.3) is 0 Å². The van der Waals surface area contributed by atoms with E-state index < -0.39 is 17.7 Å². The van der Waals surface area contributed by atoms with Crippen molar-refractivity contribution in [1.29, 1.82) is 0 Å². The molecule has 3 aromatic carbocycles. The third-order valence-electron chi connectivity index (χ3n) is 5.99. The summed E-state index contributed by atoms with van der Waals surface area (Å²) in [5.74, 6) is 1.30. The summed E-state index contributed by atoms with van der Waals surface area (Å²) in [7, 11) is 0. The lowest BCUT2D eigenvalue weighted by atomic mass is 10.1. The highest BCUT2D eigenvalue weighted by Gasteiger charge is 2.38. The highest BCUT2D eigenvalue weighted by Crippen LogP contribution is 2.38. The van der Waals surface area contributed by atoms with Crippen molar-refractivity contribution in [3.05, 3.63) is 84.4 Å². The molecule has 2 amide bonds. The minimum atomic E-state index is -0.697. The molecule has 0 spiro atoms. The molecule has 1 atom stereocenters. The van der Waals surface area contributed by atoms with Crippen LogP contribution in [0.4, 0.5) is 10.5 Å². The Labute approximate surface area is 223 Å². The van der Waals surface area contributed by atoms with Crippen molar-refractivity contribution in [2.75, 3.05) is 24.6 Å². The fourth-order valence-corrected chi connectivity index (χ4v) is 4.21. The summed E-state index contributed by atoms with van der Waals surface area (Å²) in [6.45, 7) is 5.62. The zero-order chi connectivity index (χ0) is 27.1. The van der Waals surface area contributed by atoms with E-state index in [1.54, 1.807) is 37.8 Å². The molecule has 8 nitrogen and oxygen atoms in total. The normalized spacial score (nSPS) is 15.8. The van der Waals surface area contributed by atoms with E-state index in [1.165, 1.54) is 4.90 Å². The SMILES string of the molecule is CC(C)(C)OC(=O)N1CC(=O)N(c2ccccc2Oc2ccccc2OCc2ccccc2)C[C@H]1CCO. The second-order valence-corrected chi connectivity index (χ2v) is 10.1. The van der Waals surface area contributed by atoms with Crippen LogP contribution in [0, 0.1) is 0 Å². The maximum Gasteiger partial charge on any atom is 0.411 e. The first-order chi connectivity index (χ1) is 18.2. The van der Waals surface area contributed by atoms with Gasteiger partial charge in [0.2, 0.25) is 5.91 Å². The first-order valence-electron chi connectivity index (χ1n) is 12.7.